The third-order valence-corrected chi connectivity index (χ3v) is 4.23. The van der Waals surface area contributed by atoms with Crippen LogP contribution in [0.25, 0.3) is 10.9 Å². The number of para-hydroxylation sites is 1. The molecule has 6 heteroatoms. The predicted molar refractivity (Wildman–Crippen MR) is 99.7 cm³/mol. The van der Waals surface area contributed by atoms with Gasteiger partial charge in [0.15, 0.2) is 6.61 Å². The van der Waals surface area contributed by atoms with Crippen LogP contribution >= 0.6 is 0 Å². The van der Waals surface area contributed by atoms with Crippen molar-refractivity contribution in [2.75, 3.05) is 17.2 Å². The maximum Gasteiger partial charge on any atom is 0.262 e. The van der Waals surface area contributed by atoms with Crippen molar-refractivity contribution in [1.82, 2.24) is 4.98 Å². The minimum Gasteiger partial charge on any atom is -0.481 e. The number of benzene rings is 2. The summed E-state index contributed by atoms with van der Waals surface area (Å²) in [5, 5.41) is 6.43. The second kappa shape index (κ2) is 6.15. The normalized spacial score (nSPS) is 12.9. The van der Waals surface area contributed by atoms with Crippen LogP contribution in [0, 0.1) is 13.8 Å². The van der Waals surface area contributed by atoms with Crippen LogP contribution in [0.5, 0.6) is 5.75 Å². The average Bonchev–Trinajstić information content (AvgIpc) is 2.62. The molecule has 1 aromatic heterocycles. The molecule has 2 aromatic carbocycles. The van der Waals surface area contributed by atoms with E-state index in [9.17, 15) is 9.59 Å². The molecule has 2 amide bonds. The Kier molecular flexibility index (Phi) is 3.80. The van der Waals surface area contributed by atoms with Gasteiger partial charge in [-0.05, 0) is 44.2 Å². The highest BCUT2D eigenvalue weighted by atomic mass is 16.5. The molecule has 0 bridgehead atoms. The fourth-order valence-electron chi connectivity index (χ4n) is 3.05. The Morgan fingerprint density at radius 2 is 2.04 bits per heavy atom. The van der Waals surface area contributed by atoms with Crippen LogP contribution in [0.4, 0.5) is 11.4 Å². The second-order valence-corrected chi connectivity index (χ2v) is 6.30. The molecule has 0 unspecified atom stereocenters. The summed E-state index contributed by atoms with van der Waals surface area (Å²) < 4.78 is 5.40. The van der Waals surface area contributed by atoms with Crippen LogP contribution in [-0.2, 0) is 4.79 Å². The fraction of sp³-hybridized carbons (Fsp3) is 0.150. The van der Waals surface area contributed by atoms with Gasteiger partial charge >= 0.3 is 0 Å². The summed E-state index contributed by atoms with van der Waals surface area (Å²) in [4.78, 5) is 29.1. The first kappa shape index (κ1) is 16.1. The number of rotatable bonds is 2. The first-order valence-electron chi connectivity index (χ1n) is 8.26. The number of aromatic nitrogens is 1. The number of aryl methyl sites for hydroxylation is 2. The lowest BCUT2D eigenvalue weighted by atomic mass is 10.0. The Morgan fingerprint density at radius 3 is 2.88 bits per heavy atom. The van der Waals surface area contributed by atoms with E-state index in [1.165, 1.54) is 0 Å². The summed E-state index contributed by atoms with van der Waals surface area (Å²) in [6.07, 6.45) is 0. The van der Waals surface area contributed by atoms with Gasteiger partial charge in [-0.1, -0.05) is 17.7 Å². The number of carbonyl (C=O) groups excluding carboxylic acids is 2. The molecule has 6 nitrogen and oxygen atoms in total. The number of hydrogen-bond donors (Lipinski definition) is 2. The Labute approximate surface area is 150 Å². The number of carbonyl (C=O) groups is 2. The average molecular weight is 347 g/mol. The molecule has 0 fully saturated rings. The molecule has 3 aromatic rings. The highest BCUT2D eigenvalue weighted by Crippen LogP contribution is 2.35. The van der Waals surface area contributed by atoms with Gasteiger partial charge < -0.3 is 15.4 Å². The van der Waals surface area contributed by atoms with Gasteiger partial charge in [-0.15, -0.1) is 0 Å². The van der Waals surface area contributed by atoms with Gasteiger partial charge in [-0.3, -0.25) is 14.6 Å². The van der Waals surface area contributed by atoms with Gasteiger partial charge in [-0.2, -0.15) is 0 Å². The minimum absolute atomic E-state index is 0.0299. The molecule has 0 atom stereocenters. The maximum absolute atomic E-state index is 13.0. The third-order valence-electron chi connectivity index (χ3n) is 4.23. The van der Waals surface area contributed by atoms with Crippen molar-refractivity contribution in [2.24, 2.45) is 0 Å². The molecule has 26 heavy (non-hydrogen) atoms. The second-order valence-electron chi connectivity index (χ2n) is 6.30. The van der Waals surface area contributed by atoms with Crippen LogP contribution in [-0.4, -0.2) is 23.4 Å². The summed E-state index contributed by atoms with van der Waals surface area (Å²) in [7, 11) is 0. The molecule has 2 N–H and O–H groups in total. The van der Waals surface area contributed by atoms with Crippen LogP contribution in [0.1, 0.15) is 21.6 Å². The van der Waals surface area contributed by atoms with Crippen LogP contribution in [0.2, 0.25) is 0 Å². The standard InChI is InChI=1S/C20H17N3O3/c1-11-6-7-15-13(8-11)14(9-12(2)21-15)20(25)22-16-4-3-5-17-19(16)23-18(24)10-26-17/h3-9H,10H2,1-2H3,(H,22,25)(H,23,24). The quantitative estimate of drug-likeness (QED) is 0.744. The molecular weight excluding hydrogens is 330 g/mol. The highest BCUT2D eigenvalue weighted by molar-refractivity contribution is 6.14. The van der Waals surface area contributed by atoms with Crippen LogP contribution < -0.4 is 15.4 Å². The van der Waals surface area contributed by atoms with Crippen molar-refractivity contribution in [2.45, 2.75) is 13.8 Å². The van der Waals surface area contributed by atoms with E-state index < -0.39 is 0 Å². The topological polar surface area (TPSA) is 80.3 Å². The first-order valence-corrected chi connectivity index (χ1v) is 8.26. The van der Waals surface area contributed by atoms with Crippen molar-refractivity contribution in [3.63, 3.8) is 0 Å². The van der Waals surface area contributed by atoms with Crippen molar-refractivity contribution in [1.29, 1.82) is 0 Å². The van der Waals surface area contributed by atoms with Crippen molar-refractivity contribution in [3.8, 4) is 5.75 Å². The summed E-state index contributed by atoms with van der Waals surface area (Å²) in [5.74, 6) is 0.0216. The molecule has 1 aliphatic heterocycles. The summed E-state index contributed by atoms with van der Waals surface area (Å²) in [5.41, 5.74) is 4.09. The number of hydrogen-bond acceptors (Lipinski definition) is 4. The van der Waals surface area contributed by atoms with Gasteiger partial charge in [0, 0.05) is 11.1 Å². The number of anilines is 2. The number of amides is 2. The monoisotopic (exact) mass is 347 g/mol. The van der Waals surface area contributed by atoms with E-state index in [0.717, 1.165) is 22.2 Å². The lowest BCUT2D eigenvalue weighted by Crippen LogP contribution is -2.26. The van der Waals surface area contributed by atoms with Gasteiger partial charge in [0.1, 0.15) is 11.4 Å². The SMILES string of the molecule is Cc1ccc2nc(C)cc(C(=O)Nc3cccc4c3NC(=O)CO4)c2c1. The zero-order valence-electron chi connectivity index (χ0n) is 14.4. The Bertz CT molecular complexity index is 1060. The predicted octanol–water partition coefficient (Wildman–Crippen LogP) is 3.43. The molecule has 0 saturated carbocycles. The summed E-state index contributed by atoms with van der Waals surface area (Å²) in [6, 6.07) is 12.8. The lowest BCUT2D eigenvalue weighted by Gasteiger charge is -2.21. The van der Waals surface area contributed by atoms with E-state index in [0.29, 0.717) is 22.7 Å². The van der Waals surface area contributed by atoms with Gasteiger partial charge in [0.2, 0.25) is 0 Å². The molecule has 2 heterocycles. The minimum atomic E-state index is -0.265. The molecule has 0 saturated heterocycles. The maximum atomic E-state index is 13.0. The van der Waals surface area contributed by atoms with Crippen molar-refractivity contribution >= 4 is 34.1 Å². The van der Waals surface area contributed by atoms with Crippen molar-refractivity contribution in [3.05, 3.63) is 59.3 Å². The zero-order valence-corrected chi connectivity index (χ0v) is 14.4. The summed E-state index contributed by atoms with van der Waals surface area (Å²) in [6.45, 7) is 3.80. The third kappa shape index (κ3) is 2.86. The van der Waals surface area contributed by atoms with Crippen LogP contribution in [0.3, 0.4) is 0 Å². The lowest BCUT2D eigenvalue weighted by molar-refractivity contribution is -0.118. The number of ether oxygens (including phenoxy) is 1. The Balaban J connectivity index is 1.75. The fourth-order valence-corrected chi connectivity index (χ4v) is 3.05. The number of nitrogens with one attached hydrogen (secondary N) is 2. The van der Waals surface area contributed by atoms with E-state index in [2.05, 4.69) is 15.6 Å². The van der Waals surface area contributed by atoms with Gasteiger partial charge in [0.25, 0.3) is 11.8 Å². The zero-order chi connectivity index (χ0) is 18.3. The molecule has 0 spiro atoms. The molecule has 130 valence electrons. The Hall–Kier alpha value is -3.41. The van der Waals surface area contributed by atoms with E-state index >= 15 is 0 Å². The van der Waals surface area contributed by atoms with Crippen LogP contribution in [0.15, 0.2) is 42.5 Å². The molecule has 0 radical (unpaired) electrons. The molecule has 1 aliphatic rings. The number of fused-ring (bicyclic) bond motifs is 2. The van der Waals surface area contributed by atoms with Crippen molar-refractivity contribution < 1.29 is 14.3 Å². The van der Waals surface area contributed by atoms with E-state index in [1.54, 1.807) is 24.3 Å². The van der Waals surface area contributed by atoms with E-state index in [1.807, 2.05) is 32.0 Å². The number of pyridine rings is 1. The molecule has 4 rings (SSSR count). The molecular formula is C20H17N3O3. The smallest absolute Gasteiger partial charge is 0.262 e. The molecule has 0 aliphatic carbocycles. The van der Waals surface area contributed by atoms with Gasteiger partial charge in [0.05, 0.1) is 16.8 Å². The first-order chi connectivity index (χ1) is 12.5. The van der Waals surface area contributed by atoms with E-state index in [4.69, 9.17) is 4.74 Å². The van der Waals surface area contributed by atoms with E-state index in [-0.39, 0.29) is 18.4 Å². The largest absolute Gasteiger partial charge is 0.481 e. The highest BCUT2D eigenvalue weighted by Gasteiger charge is 2.21. The number of nitrogens with zero attached hydrogens (tertiary/aromatic N) is 1. The summed E-state index contributed by atoms with van der Waals surface area (Å²) >= 11 is 0. The van der Waals surface area contributed by atoms with Gasteiger partial charge in [-0.25, -0.2) is 0 Å². The Morgan fingerprint density at radius 1 is 1.19 bits per heavy atom.